The molecule has 34 heavy (non-hydrogen) atoms. The maximum Gasteiger partial charge on any atom is 0.233 e. The first-order valence-corrected chi connectivity index (χ1v) is 12.1. The van der Waals surface area contributed by atoms with Crippen LogP contribution in [-0.4, -0.2) is 64.6 Å². The Kier molecular flexibility index (Phi) is 6.53. The maximum absolute atomic E-state index is 13.0. The highest BCUT2D eigenvalue weighted by molar-refractivity contribution is 7.99. The van der Waals surface area contributed by atoms with Crippen molar-refractivity contribution in [1.82, 2.24) is 19.7 Å². The number of rotatable bonds is 7. The van der Waals surface area contributed by atoms with E-state index in [0.717, 1.165) is 24.5 Å². The number of methoxy groups -OCH3 is 1. The third-order valence-electron chi connectivity index (χ3n) is 5.78. The number of thioether (sulfide) groups is 1. The van der Waals surface area contributed by atoms with Crippen molar-refractivity contribution < 1.29 is 13.9 Å². The lowest BCUT2D eigenvalue weighted by molar-refractivity contribution is -0.128. The number of hydrogen-bond acceptors (Lipinski definition) is 7. The number of ether oxygens (including phenoxy) is 1. The summed E-state index contributed by atoms with van der Waals surface area (Å²) < 4.78 is 12.8. The fourth-order valence-corrected chi connectivity index (χ4v) is 4.82. The van der Waals surface area contributed by atoms with Crippen LogP contribution in [-0.2, 0) is 4.79 Å². The highest BCUT2D eigenvalue weighted by Crippen LogP contribution is 2.29. The van der Waals surface area contributed by atoms with Gasteiger partial charge in [0.25, 0.3) is 0 Å². The van der Waals surface area contributed by atoms with Gasteiger partial charge in [0.1, 0.15) is 5.75 Å². The highest BCUT2D eigenvalue weighted by Gasteiger charge is 2.23. The Labute approximate surface area is 202 Å². The van der Waals surface area contributed by atoms with Crippen LogP contribution in [0.1, 0.15) is 0 Å². The number of furan rings is 1. The average molecular weight is 476 g/mol. The minimum atomic E-state index is 0.0986. The van der Waals surface area contributed by atoms with E-state index in [1.54, 1.807) is 13.4 Å². The second kappa shape index (κ2) is 10.0. The average Bonchev–Trinajstić information content (AvgIpc) is 3.58. The van der Waals surface area contributed by atoms with E-state index < -0.39 is 0 Å². The number of amides is 1. The van der Waals surface area contributed by atoms with Gasteiger partial charge in [-0.3, -0.25) is 9.36 Å². The summed E-state index contributed by atoms with van der Waals surface area (Å²) in [5.41, 5.74) is 2.06. The van der Waals surface area contributed by atoms with Crippen molar-refractivity contribution in [3.63, 3.8) is 0 Å². The Balaban J connectivity index is 1.28. The Morgan fingerprint density at radius 1 is 0.941 bits per heavy atom. The van der Waals surface area contributed by atoms with Gasteiger partial charge in [0.15, 0.2) is 10.9 Å². The first-order valence-electron chi connectivity index (χ1n) is 11.1. The third kappa shape index (κ3) is 4.65. The summed E-state index contributed by atoms with van der Waals surface area (Å²) in [7, 11) is 1.63. The largest absolute Gasteiger partial charge is 0.497 e. The fraction of sp³-hybridized carbons (Fsp3) is 0.240. The van der Waals surface area contributed by atoms with E-state index in [9.17, 15) is 4.79 Å². The number of anilines is 1. The van der Waals surface area contributed by atoms with Crippen LogP contribution in [0.2, 0.25) is 0 Å². The summed E-state index contributed by atoms with van der Waals surface area (Å²) in [6, 6.07) is 21.6. The van der Waals surface area contributed by atoms with E-state index in [-0.39, 0.29) is 11.7 Å². The van der Waals surface area contributed by atoms with Crippen LogP contribution in [0.15, 0.2) is 82.6 Å². The molecule has 3 heterocycles. The summed E-state index contributed by atoms with van der Waals surface area (Å²) in [5, 5.41) is 9.34. The van der Waals surface area contributed by atoms with Crippen molar-refractivity contribution in [1.29, 1.82) is 0 Å². The Bertz CT molecular complexity index is 1220. The quantitative estimate of drug-likeness (QED) is 0.374. The fourth-order valence-electron chi connectivity index (χ4n) is 3.96. The number of aromatic nitrogens is 3. The van der Waals surface area contributed by atoms with Gasteiger partial charge in [-0.15, -0.1) is 10.2 Å². The Morgan fingerprint density at radius 3 is 2.38 bits per heavy atom. The summed E-state index contributed by atoms with van der Waals surface area (Å²) >= 11 is 1.38. The number of nitrogens with zero attached hydrogens (tertiary/aromatic N) is 5. The minimum Gasteiger partial charge on any atom is -0.497 e. The number of carbonyl (C=O) groups is 1. The zero-order valence-corrected chi connectivity index (χ0v) is 19.6. The Morgan fingerprint density at radius 2 is 1.71 bits per heavy atom. The number of carbonyl (C=O) groups excluding carboxylic acids is 1. The number of hydrogen-bond donors (Lipinski definition) is 0. The molecule has 2 aromatic heterocycles. The van der Waals surface area contributed by atoms with E-state index in [0.29, 0.717) is 29.8 Å². The molecule has 1 aliphatic rings. The molecule has 0 N–H and O–H groups in total. The maximum atomic E-state index is 13.0. The van der Waals surface area contributed by atoms with Gasteiger partial charge in [-0.25, -0.2) is 0 Å². The smallest absolute Gasteiger partial charge is 0.233 e. The predicted molar refractivity (Wildman–Crippen MR) is 132 cm³/mol. The molecule has 1 aliphatic heterocycles. The van der Waals surface area contributed by atoms with Crippen LogP contribution in [0, 0.1) is 0 Å². The molecule has 0 bridgehead atoms. The lowest BCUT2D eigenvalue weighted by Crippen LogP contribution is -2.49. The van der Waals surface area contributed by atoms with Crippen molar-refractivity contribution in [2.24, 2.45) is 0 Å². The molecule has 8 nitrogen and oxygen atoms in total. The lowest BCUT2D eigenvalue weighted by Gasteiger charge is -2.36. The lowest BCUT2D eigenvalue weighted by atomic mass is 10.2. The van der Waals surface area contributed by atoms with Crippen molar-refractivity contribution in [2.75, 3.05) is 43.9 Å². The zero-order valence-electron chi connectivity index (χ0n) is 18.8. The number of para-hydroxylation sites is 1. The molecule has 1 fully saturated rings. The number of piperazine rings is 1. The van der Waals surface area contributed by atoms with Gasteiger partial charge in [-0.2, -0.15) is 0 Å². The molecular formula is C25H25N5O3S. The molecule has 0 spiro atoms. The van der Waals surface area contributed by atoms with Crippen molar-refractivity contribution >= 4 is 23.4 Å². The van der Waals surface area contributed by atoms with E-state index in [1.807, 2.05) is 64.1 Å². The van der Waals surface area contributed by atoms with Gasteiger partial charge in [-0.1, -0.05) is 30.0 Å². The Hall–Kier alpha value is -3.72. The summed E-state index contributed by atoms with van der Waals surface area (Å²) in [5.74, 6) is 2.34. The molecule has 0 unspecified atom stereocenters. The second-order valence-corrected chi connectivity index (χ2v) is 8.75. The van der Waals surface area contributed by atoms with E-state index in [4.69, 9.17) is 9.15 Å². The van der Waals surface area contributed by atoms with Crippen molar-refractivity contribution in [3.8, 4) is 23.0 Å². The normalized spacial score (nSPS) is 13.8. The summed E-state index contributed by atoms with van der Waals surface area (Å²) in [4.78, 5) is 17.2. The van der Waals surface area contributed by atoms with Crippen LogP contribution >= 0.6 is 11.8 Å². The molecule has 0 saturated carbocycles. The zero-order chi connectivity index (χ0) is 23.3. The first kappa shape index (κ1) is 22.1. The highest BCUT2D eigenvalue weighted by atomic mass is 32.2. The van der Waals surface area contributed by atoms with Crippen LogP contribution < -0.4 is 9.64 Å². The van der Waals surface area contributed by atoms with E-state index >= 15 is 0 Å². The molecular weight excluding hydrogens is 450 g/mol. The van der Waals surface area contributed by atoms with Gasteiger partial charge in [0.05, 0.1) is 24.8 Å². The van der Waals surface area contributed by atoms with Crippen LogP contribution in [0.5, 0.6) is 5.75 Å². The molecule has 2 aromatic carbocycles. The van der Waals surface area contributed by atoms with Crippen LogP contribution in [0.4, 0.5) is 5.69 Å². The molecule has 5 rings (SSSR count). The molecule has 1 amide bonds. The van der Waals surface area contributed by atoms with E-state index in [1.165, 1.54) is 17.4 Å². The van der Waals surface area contributed by atoms with Gasteiger partial charge < -0.3 is 19.0 Å². The topological polar surface area (TPSA) is 76.6 Å². The first-order chi connectivity index (χ1) is 16.7. The monoisotopic (exact) mass is 475 g/mol. The third-order valence-corrected chi connectivity index (χ3v) is 6.70. The molecule has 0 aliphatic carbocycles. The van der Waals surface area contributed by atoms with E-state index in [2.05, 4.69) is 27.2 Å². The molecule has 174 valence electrons. The van der Waals surface area contributed by atoms with Crippen molar-refractivity contribution in [2.45, 2.75) is 5.16 Å². The van der Waals surface area contributed by atoms with Crippen LogP contribution in [0.3, 0.4) is 0 Å². The molecule has 0 radical (unpaired) electrons. The van der Waals surface area contributed by atoms with Crippen LogP contribution in [0.25, 0.3) is 17.3 Å². The van der Waals surface area contributed by atoms with Gasteiger partial charge >= 0.3 is 0 Å². The van der Waals surface area contributed by atoms with Gasteiger partial charge in [0.2, 0.25) is 11.7 Å². The van der Waals surface area contributed by atoms with Gasteiger partial charge in [-0.05, 0) is 48.5 Å². The SMILES string of the molecule is COc1ccc(-n2c(SCC(=O)N3CCN(c4ccccc4)CC3)nnc2-c2ccco2)cc1. The summed E-state index contributed by atoms with van der Waals surface area (Å²) in [6.07, 6.45) is 1.60. The number of benzene rings is 2. The standard InChI is InChI=1S/C25H25N5O3S/c1-32-21-11-9-20(10-12-21)30-24(22-8-5-17-33-22)26-27-25(30)34-18-23(31)29-15-13-28(14-16-29)19-6-3-2-4-7-19/h2-12,17H,13-16,18H2,1H3. The van der Waals surface area contributed by atoms with Gasteiger partial charge in [0, 0.05) is 31.9 Å². The second-order valence-electron chi connectivity index (χ2n) is 7.81. The minimum absolute atomic E-state index is 0.0986. The molecule has 1 saturated heterocycles. The van der Waals surface area contributed by atoms with Crippen molar-refractivity contribution in [3.05, 3.63) is 73.0 Å². The summed E-state index contributed by atoms with van der Waals surface area (Å²) in [6.45, 7) is 3.06. The molecule has 4 aromatic rings. The molecule has 9 heteroatoms. The molecule has 0 atom stereocenters. The predicted octanol–water partition coefficient (Wildman–Crippen LogP) is 3.98.